The fraction of sp³-hybridized carbons (Fsp3) is 0.381. The normalized spacial score (nSPS) is 18.8. The molecule has 1 aliphatic heterocycles. The second kappa shape index (κ2) is 8.61. The second-order valence-corrected chi connectivity index (χ2v) is 8.31. The molecule has 2 heterocycles. The van der Waals surface area contributed by atoms with Crippen molar-refractivity contribution in [2.24, 2.45) is 0 Å². The van der Waals surface area contributed by atoms with Gasteiger partial charge in [-0.25, -0.2) is 13.8 Å². The number of hydrogen-bond acceptors (Lipinski definition) is 5. The predicted molar refractivity (Wildman–Crippen MR) is 107 cm³/mol. The molecule has 1 saturated heterocycles. The van der Waals surface area contributed by atoms with Crippen molar-refractivity contribution in [2.75, 3.05) is 26.2 Å². The van der Waals surface area contributed by atoms with Crippen LogP contribution in [0.4, 0.5) is 8.78 Å². The van der Waals surface area contributed by atoms with Crippen LogP contribution < -0.4 is 0 Å². The average Bonchev–Trinajstić information content (AvgIpc) is 3.09. The van der Waals surface area contributed by atoms with Gasteiger partial charge in [-0.2, -0.15) is 0 Å². The Balaban J connectivity index is 1.42. The number of thiazole rings is 1. The zero-order valence-corrected chi connectivity index (χ0v) is 16.3. The summed E-state index contributed by atoms with van der Waals surface area (Å²) in [6, 6.07) is 12.4. The highest BCUT2D eigenvalue weighted by Gasteiger charge is 2.27. The number of piperazine rings is 1. The molecule has 0 radical (unpaired) electrons. The lowest BCUT2D eigenvalue weighted by Gasteiger charge is -2.41. The Morgan fingerprint density at radius 1 is 1.07 bits per heavy atom. The molecule has 0 bridgehead atoms. The first-order chi connectivity index (χ1) is 13.6. The number of aromatic nitrogens is 1. The summed E-state index contributed by atoms with van der Waals surface area (Å²) in [5, 5.41) is 10.6. The zero-order chi connectivity index (χ0) is 19.5. The number of aliphatic hydroxyl groups excluding tert-OH is 1. The van der Waals surface area contributed by atoms with Crippen molar-refractivity contribution in [3.63, 3.8) is 0 Å². The maximum absolute atomic E-state index is 13.5. The number of aliphatic hydroxyl groups is 1. The fourth-order valence-corrected chi connectivity index (χ4v) is 4.79. The van der Waals surface area contributed by atoms with Gasteiger partial charge in [0, 0.05) is 38.8 Å². The van der Waals surface area contributed by atoms with Crippen molar-refractivity contribution < 1.29 is 13.9 Å². The molecule has 2 aromatic carbocycles. The van der Waals surface area contributed by atoms with Crippen LogP contribution in [0, 0.1) is 11.6 Å². The Morgan fingerprint density at radius 3 is 2.71 bits per heavy atom. The number of halogens is 2. The highest BCUT2D eigenvalue weighted by Crippen LogP contribution is 2.24. The van der Waals surface area contributed by atoms with Crippen molar-refractivity contribution in [3.05, 3.63) is 64.7 Å². The lowest BCUT2D eigenvalue weighted by atomic mass is 10.1. The summed E-state index contributed by atoms with van der Waals surface area (Å²) in [6.45, 7) is 3.96. The highest BCUT2D eigenvalue weighted by molar-refractivity contribution is 7.18. The molecule has 4 rings (SSSR count). The van der Waals surface area contributed by atoms with E-state index in [4.69, 9.17) is 4.98 Å². The Kier molecular flexibility index (Phi) is 5.96. The molecule has 1 aliphatic rings. The molecule has 4 nitrogen and oxygen atoms in total. The largest absolute Gasteiger partial charge is 0.396 e. The SMILES string of the molecule is OCCC1CN(Cc2nc3ccccc3s2)CCN1Cc1ccc(F)c(F)c1. The first-order valence-electron chi connectivity index (χ1n) is 9.48. The molecule has 0 saturated carbocycles. The van der Waals surface area contributed by atoms with Crippen molar-refractivity contribution in [1.29, 1.82) is 0 Å². The van der Waals surface area contributed by atoms with Gasteiger partial charge in [0.25, 0.3) is 0 Å². The molecular weight excluding hydrogens is 380 g/mol. The van der Waals surface area contributed by atoms with Gasteiger partial charge in [0.05, 0.1) is 16.8 Å². The maximum Gasteiger partial charge on any atom is 0.159 e. The summed E-state index contributed by atoms with van der Waals surface area (Å²) >= 11 is 1.72. The number of hydrogen-bond donors (Lipinski definition) is 1. The molecule has 1 atom stereocenters. The van der Waals surface area contributed by atoms with Crippen LogP contribution >= 0.6 is 11.3 Å². The topological polar surface area (TPSA) is 39.6 Å². The lowest BCUT2D eigenvalue weighted by Crippen LogP contribution is -2.52. The van der Waals surface area contributed by atoms with E-state index in [1.165, 1.54) is 16.8 Å². The molecule has 0 spiro atoms. The van der Waals surface area contributed by atoms with Crippen molar-refractivity contribution in [1.82, 2.24) is 14.8 Å². The van der Waals surface area contributed by atoms with Crippen LogP contribution in [0.1, 0.15) is 17.0 Å². The minimum atomic E-state index is -0.823. The molecule has 1 aromatic heterocycles. The van der Waals surface area contributed by atoms with E-state index >= 15 is 0 Å². The molecule has 0 amide bonds. The van der Waals surface area contributed by atoms with Crippen molar-refractivity contribution >= 4 is 21.6 Å². The smallest absolute Gasteiger partial charge is 0.159 e. The van der Waals surface area contributed by atoms with Gasteiger partial charge in [-0.15, -0.1) is 11.3 Å². The van der Waals surface area contributed by atoms with Crippen LogP contribution in [0.25, 0.3) is 10.2 Å². The van der Waals surface area contributed by atoms with Gasteiger partial charge in [0.15, 0.2) is 11.6 Å². The van der Waals surface area contributed by atoms with Gasteiger partial charge in [0.2, 0.25) is 0 Å². The molecule has 148 valence electrons. The summed E-state index contributed by atoms with van der Waals surface area (Å²) in [4.78, 5) is 9.33. The minimum Gasteiger partial charge on any atom is -0.396 e. The van der Waals surface area contributed by atoms with E-state index in [2.05, 4.69) is 15.9 Å². The Hall–Kier alpha value is -1.93. The number of para-hydroxylation sites is 1. The molecule has 1 unspecified atom stereocenters. The minimum absolute atomic E-state index is 0.105. The third kappa shape index (κ3) is 4.38. The first kappa shape index (κ1) is 19.4. The van der Waals surface area contributed by atoms with Crippen LogP contribution in [0.5, 0.6) is 0 Å². The fourth-order valence-electron chi connectivity index (χ4n) is 3.78. The first-order valence-corrected chi connectivity index (χ1v) is 10.3. The highest BCUT2D eigenvalue weighted by atomic mass is 32.1. The van der Waals surface area contributed by atoms with Gasteiger partial charge < -0.3 is 5.11 Å². The molecule has 1 fully saturated rings. The van der Waals surface area contributed by atoms with Crippen LogP contribution in [0.2, 0.25) is 0 Å². The second-order valence-electron chi connectivity index (χ2n) is 7.20. The zero-order valence-electron chi connectivity index (χ0n) is 15.5. The van der Waals surface area contributed by atoms with E-state index in [-0.39, 0.29) is 12.6 Å². The summed E-state index contributed by atoms with van der Waals surface area (Å²) in [6.07, 6.45) is 0.653. The van der Waals surface area contributed by atoms with E-state index in [0.717, 1.165) is 42.3 Å². The van der Waals surface area contributed by atoms with Crippen LogP contribution in [0.15, 0.2) is 42.5 Å². The summed E-state index contributed by atoms with van der Waals surface area (Å²) < 4.78 is 27.9. The summed E-state index contributed by atoms with van der Waals surface area (Å²) in [5.74, 6) is -1.64. The van der Waals surface area contributed by atoms with Gasteiger partial charge in [-0.1, -0.05) is 18.2 Å². The van der Waals surface area contributed by atoms with Gasteiger partial charge in [-0.05, 0) is 36.2 Å². The van der Waals surface area contributed by atoms with E-state index in [9.17, 15) is 13.9 Å². The quantitative estimate of drug-likeness (QED) is 0.682. The van der Waals surface area contributed by atoms with Crippen LogP contribution in [-0.2, 0) is 13.1 Å². The lowest BCUT2D eigenvalue weighted by molar-refractivity contribution is 0.0499. The van der Waals surface area contributed by atoms with E-state index in [1.807, 2.05) is 18.2 Å². The number of benzene rings is 2. The monoisotopic (exact) mass is 403 g/mol. The van der Waals surface area contributed by atoms with Gasteiger partial charge >= 0.3 is 0 Å². The predicted octanol–water partition coefficient (Wildman–Crippen LogP) is 3.64. The molecule has 1 N–H and O–H groups in total. The number of nitrogens with zero attached hydrogens (tertiary/aromatic N) is 3. The van der Waals surface area contributed by atoms with E-state index in [1.54, 1.807) is 17.4 Å². The summed E-state index contributed by atoms with van der Waals surface area (Å²) in [7, 11) is 0. The third-order valence-electron chi connectivity index (χ3n) is 5.22. The average molecular weight is 403 g/mol. The Morgan fingerprint density at radius 2 is 1.93 bits per heavy atom. The molecule has 3 aromatic rings. The van der Waals surface area contributed by atoms with Crippen molar-refractivity contribution in [3.8, 4) is 0 Å². The van der Waals surface area contributed by atoms with Crippen LogP contribution in [0.3, 0.4) is 0 Å². The maximum atomic E-state index is 13.5. The Bertz CT molecular complexity index is 915. The van der Waals surface area contributed by atoms with Crippen LogP contribution in [-0.4, -0.2) is 52.2 Å². The van der Waals surface area contributed by atoms with E-state index in [0.29, 0.717) is 13.0 Å². The molecule has 7 heteroatoms. The Labute approximate surface area is 167 Å². The number of rotatable bonds is 6. The molecular formula is C21H23F2N3OS. The standard InChI is InChI=1S/C21H23F2N3OS/c22-17-6-5-15(11-18(17)23)12-26-9-8-25(13-16(26)7-10-27)14-21-24-19-3-1-2-4-20(19)28-21/h1-6,11,16,27H,7-10,12-14H2. The third-order valence-corrected chi connectivity index (χ3v) is 6.24. The number of fused-ring (bicyclic) bond motifs is 1. The van der Waals surface area contributed by atoms with E-state index < -0.39 is 11.6 Å². The summed E-state index contributed by atoms with van der Waals surface area (Å²) in [5.41, 5.74) is 1.79. The van der Waals surface area contributed by atoms with Crippen molar-refractivity contribution in [2.45, 2.75) is 25.6 Å². The van der Waals surface area contributed by atoms with Gasteiger partial charge in [-0.3, -0.25) is 9.80 Å². The molecule has 28 heavy (non-hydrogen) atoms. The molecule has 0 aliphatic carbocycles. The van der Waals surface area contributed by atoms with Gasteiger partial charge in [0.1, 0.15) is 5.01 Å².